The van der Waals surface area contributed by atoms with Crippen molar-refractivity contribution in [2.45, 2.75) is 36.8 Å². The van der Waals surface area contributed by atoms with E-state index >= 15 is 0 Å². The van der Waals surface area contributed by atoms with Crippen LogP contribution in [-0.2, 0) is 16.6 Å². The van der Waals surface area contributed by atoms with Gasteiger partial charge in [0.1, 0.15) is 0 Å². The van der Waals surface area contributed by atoms with Gasteiger partial charge in [0.15, 0.2) is 23.4 Å². The average Bonchev–Trinajstić information content (AvgIpc) is 2.88. The van der Waals surface area contributed by atoms with E-state index < -0.39 is 0 Å². The van der Waals surface area contributed by atoms with E-state index in [0.717, 1.165) is 37.3 Å². The number of methoxy groups -OCH3 is 1. The number of piperidine rings is 1. The lowest BCUT2D eigenvalue weighted by Gasteiger charge is -2.56. The fourth-order valence-electron chi connectivity index (χ4n) is 5.47. The molecule has 2 unspecified atom stereocenters. The highest BCUT2D eigenvalue weighted by Gasteiger charge is 2.65. The smallest absolute Gasteiger partial charge is 0.178 e. The Kier molecular flexibility index (Phi) is 2.38. The molecule has 5 rings (SSSR count). The molecule has 0 amide bonds. The van der Waals surface area contributed by atoms with Crippen LogP contribution in [0.25, 0.3) is 0 Å². The minimum atomic E-state index is -0.340. The molecule has 2 aliphatic heterocycles. The van der Waals surface area contributed by atoms with Crippen LogP contribution in [0, 0.1) is 12.3 Å². The van der Waals surface area contributed by atoms with Gasteiger partial charge in [-0.2, -0.15) is 0 Å². The van der Waals surface area contributed by atoms with Gasteiger partial charge in [0.2, 0.25) is 0 Å². The van der Waals surface area contributed by atoms with E-state index in [2.05, 4.69) is 18.0 Å². The maximum absolute atomic E-state index is 12.6. The zero-order valence-corrected chi connectivity index (χ0v) is 13.0. The van der Waals surface area contributed by atoms with Crippen molar-refractivity contribution in [2.24, 2.45) is 5.92 Å². The van der Waals surface area contributed by atoms with Crippen molar-refractivity contribution in [3.63, 3.8) is 0 Å². The van der Waals surface area contributed by atoms with Crippen LogP contribution in [0.3, 0.4) is 0 Å². The number of likely N-dealkylation sites (N-methyl/N-ethyl adjacent to an activating group) is 1. The first kappa shape index (κ1) is 12.9. The molecule has 1 saturated carbocycles. The normalized spacial score (nSPS) is 38.5. The number of rotatable bonds is 1. The molecule has 4 heteroatoms. The second kappa shape index (κ2) is 4.05. The third kappa shape index (κ3) is 1.27. The first-order valence-electron chi connectivity index (χ1n) is 8.11. The fraction of sp³-hybridized carbons (Fsp3) is 0.556. The Morgan fingerprint density at radius 2 is 2.27 bits per heavy atom. The second-order valence-electron chi connectivity index (χ2n) is 7.12. The van der Waals surface area contributed by atoms with Crippen LogP contribution in [0.5, 0.6) is 11.5 Å². The molecule has 2 heterocycles. The molecule has 1 saturated heterocycles. The van der Waals surface area contributed by atoms with Gasteiger partial charge in [-0.05, 0) is 50.4 Å². The summed E-state index contributed by atoms with van der Waals surface area (Å²) in [6.07, 6.45) is 4.45. The molecule has 1 radical (unpaired) electrons. The predicted molar refractivity (Wildman–Crippen MR) is 81.2 cm³/mol. The quantitative estimate of drug-likeness (QED) is 0.792. The van der Waals surface area contributed by atoms with Gasteiger partial charge in [-0.1, -0.05) is 6.07 Å². The molecule has 22 heavy (non-hydrogen) atoms. The lowest BCUT2D eigenvalue weighted by molar-refractivity contribution is -0.132. The average molecular weight is 298 g/mol. The van der Waals surface area contributed by atoms with Gasteiger partial charge in [-0.3, -0.25) is 4.79 Å². The first-order valence-corrected chi connectivity index (χ1v) is 8.11. The molecule has 4 atom stereocenters. The Bertz CT molecular complexity index is 685. The molecule has 1 aromatic carbocycles. The summed E-state index contributed by atoms with van der Waals surface area (Å²) < 4.78 is 11.7. The highest BCUT2D eigenvalue weighted by atomic mass is 16.5. The van der Waals surface area contributed by atoms with Crippen LogP contribution in [0.1, 0.15) is 24.0 Å². The number of ketones is 1. The Morgan fingerprint density at radius 3 is 3.09 bits per heavy atom. The first-order chi connectivity index (χ1) is 10.7. The maximum atomic E-state index is 12.6. The summed E-state index contributed by atoms with van der Waals surface area (Å²) in [6.45, 7) is 1.03. The van der Waals surface area contributed by atoms with Crippen LogP contribution < -0.4 is 9.47 Å². The summed E-state index contributed by atoms with van der Waals surface area (Å²) in [7, 11) is 3.89. The van der Waals surface area contributed by atoms with Crippen LogP contribution in [0.4, 0.5) is 0 Å². The van der Waals surface area contributed by atoms with Crippen LogP contribution in [0.2, 0.25) is 0 Å². The number of Topliss-reactive ketones (excluding diaryl/α,β-unsaturated/α-hetero) is 1. The van der Waals surface area contributed by atoms with Crippen molar-refractivity contribution in [1.29, 1.82) is 0 Å². The number of hydrogen-bond acceptors (Lipinski definition) is 4. The number of likely N-dealkylation sites (tertiary alicyclic amines) is 1. The van der Waals surface area contributed by atoms with Gasteiger partial charge in [0.25, 0.3) is 0 Å². The number of carbonyl (C=O) groups excluding carboxylic acids is 1. The number of benzene rings is 1. The Balaban J connectivity index is 1.81. The van der Waals surface area contributed by atoms with Gasteiger partial charge in [0.05, 0.1) is 7.11 Å². The minimum Gasteiger partial charge on any atom is -0.493 e. The summed E-state index contributed by atoms with van der Waals surface area (Å²) >= 11 is 0. The fourth-order valence-corrected chi connectivity index (χ4v) is 5.47. The number of nitrogens with zero attached hydrogens (tertiary/aromatic N) is 1. The standard InChI is InChI=1S/C18H20NO3/c1-19-8-7-18-11-4-5-13(20)17(18)22-16-14(21-2)6-3-10(15(16)18)9-12(11)19/h3,5-6,11-12,17H,4,7-9H2,1-2H3/t11?,12-,17?,18+/m1/s1. The van der Waals surface area contributed by atoms with E-state index in [4.69, 9.17) is 9.47 Å². The van der Waals surface area contributed by atoms with Crippen molar-refractivity contribution in [3.8, 4) is 11.5 Å². The lowest BCUT2D eigenvalue weighted by Crippen LogP contribution is -2.65. The summed E-state index contributed by atoms with van der Waals surface area (Å²) in [6, 6.07) is 4.68. The molecule has 2 bridgehead atoms. The van der Waals surface area contributed by atoms with Gasteiger partial charge < -0.3 is 14.4 Å². The zero-order chi connectivity index (χ0) is 15.1. The van der Waals surface area contributed by atoms with Gasteiger partial charge in [0, 0.05) is 23.4 Å². The summed E-state index contributed by atoms with van der Waals surface area (Å²) in [5, 5.41) is 0. The van der Waals surface area contributed by atoms with E-state index in [9.17, 15) is 4.79 Å². The zero-order valence-electron chi connectivity index (χ0n) is 13.0. The third-order valence-electron chi connectivity index (χ3n) is 6.43. The Labute approximate surface area is 130 Å². The highest BCUT2D eigenvalue weighted by Crippen LogP contribution is 2.62. The summed E-state index contributed by atoms with van der Waals surface area (Å²) in [5.41, 5.74) is 2.51. The SMILES string of the molecule is COc1ccc2c3c1OC1C(=O)[CH]CC4[C@@H](C2)N(C)CC[C@]314. The molecular weight excluding hydrogens is 278 g/mol. The van der Waals surface area contributed by atoms with E-state index in [-0.39, 0.29) is 17.3 Å². The molecule has 1 aromatic rings. The van der Waals surface area contributed by atoms with Crippen molar-refractivity contribution in [2.75, 3.05) is 20.7 Å². The summed E-state index contributed by atoms with van der Waals surface area (Å²) in [5.74, 6) is 2.24. The van der Waals surface area contributed by atoms with Gasteiger partial charge in [-0.15, -0.1) is 0 Å². The van der Waals surface area contributed by atoms with Crippen LogP contribution in [-0.4, -0.2) is 43.5 Å². The molecule has 0 aromatic heterocycles. The van der Waals surface area contributed by atoms with Gasteiger partial charge in [-0.25, -0.2) is 0 Å². The highest BCUT2D eigenvalue weighted by molar-refractivity contribution is 5.95. The Hall–Kier alpha value is -1.55. The van der Waals surface area contributed by atoms with E-state index in [0.29, 0.717) is 12.0 Å². The molecule has 2 aliphatic carbocycles. The largest absolute Gasteiger partial charge is 0.493 e. The third-order valence-corrected chi connectivity index (χ3v) is 6.43. The maximum Gasteiger partial charge on any atom is 0.178 e. The molecule has 4 nitrogen and oxygen atoms in total. The number of carbonyl (C=O) groups is 1. The molecule has 2 fully saturated rings. The van der Waals surface area contributed by atoms with Crippen molar-refractivity contribution in [1.82, 2.24) is 4.90 Å². The lowest BCUT2D eigenvalue weighted by atomic mass is 9.52. The second-order valence-corrected chi connectivity index (χ2v) is 7.12. The van der Waals surface area contributed by atoms with E-state index in [1.165, 1.54) is 11.1 Å². The Morgan fingerprint density at radius 1 is 1.41 bits per heavy atom. The minimum absolute atomic E-state index is 0.125. The van der Waals surface area contributed by atoms with E-state index in [1.807, 2.05) is 12.5 Å². The van der Waals surface area contributed by atoms with Crippen LogP contribution >= 0.6 is 0 Å². The topological polar surface area (TPSA) is 38.8 Å². The van der Waals surface area contributed by atoms with Crippen molar-refractivity contribution in [3.05, 3.63) is 29.7 Å². The monoisotopic (exact) mass is 298 g/mol. The van der Waals surface area contributed by atoms with Crippen molar-refractivity contribution < 1.29 is 14.3 Å². The molecule has 115 valence electrons. The molecule has 4 aliphatic rings. The summed E-state index contributed by atoms with van der Waals surface area (Å²) in [4.78, 5) is 15.0. The van der Waals surface area contributed by atoms with Gasteiger partial charge >= 0.3 is 0 Å². The van der Waals surface area contributed by atoms with Crippen LogP contribution in [0.15, 0.2) is 12.1 Å². The van der Waals surface area contributed by atoms with E-state index in [1.54, 1.807) is 7.11 Å². The predicted octanol–water partition coefficient (Wildman–Crippen LogP) is 1.75. The number of ether oxygens (including phenoxy) is 2. The molecule has 1 spiro atoms. The molecular formula is C18H20NO3. The molecule has 0 N–H and O–H groups in total. The van der Waals surface area contributed by atoms with Crippen molar-refractivity contribution >= 4 is 5.78 Å². The number of hydrogen-bond donors (Lipinski definition) is 0.